The topological polar surface area (TPSA) is 92.4 Å². The lowest BCUT2D eigenvalue weighted by atomic mass is 10.1. The van der Waals surface area contributed by atoms with Crippen LogP contribution in [0.1, 0.15) is 12.0 Å². The van der Waals surface area contributed by atoms with Gasteiger partial charge >= 0.3 is 0 Å². The average Bonchev–Trinajstić information content (AvgIpc) is 2.28. The second kappa shape index (κ2) is 6.65. The molecule has 1 aromatic rings. The Labute approximate surface area is 99.6 Å². The molecule has 0 saturated carbocycles. The Morgan fingerprint density at radius 1 is 1.24 bits per heavy atom. The highest BCUT2D eigenvalue weighted by molar-refractivity contribution is 5.99. The maximum atomic E-state index is 11.2. The molecule has 1 amide bonds. The average molecular weight is 236 g/mol. The molecule has 4 N–H and O–H groups in total. The summed E-state index contributed by atoms with van der Waals surface area (Å²) in [5.41, 5.74) is 6.73. The second-order valence-corrected chi connectivity index (χ2v) is 3.71. The van der Waals surface area contributed by atoms with Gasteiger partial charge in [-0.1, -0.05) is 12.1 Å². The number of hydrogen-bond acceptors (Lipinski definition) is 4. The third-order valence-corrected chi connectivity index (χ3v) is 2.22. The Morgan fingerprint density at radius 2 is 1.88 bits per heavy atom. The van der Waals surface area contributed by atoms with Crippen LogP contribution in [0.5, 0.6) is 0 Å². The van der Waals surface area contributed by atoms with Crippen molar-refractivity contribution >= 4 is 17.4 Å². The van der Waals surface area contributed by atoms with Gasteiger partial charge in [0.25, 0.3) is 0 Å². The van der Waals surface area contributed by atoms with Crippen LogP contribution in [0, 0.1) is 0 Å². The molecule has 0 spiro atoms. The molecule has 0 radical (unpaired) electrons. The Balaban J connectivity index is 2.41. The van der Waals surface area contributed by atoms with Crippen molar-refractivity contribution < 1.29 is 14.7 Å². The van der Waals surface area contributed by atoms with Gasteiger partial charge in [0.2, 0.25) is 5.91 Å². The molecule has 0 saturated heterocycles. The predicted molar refractivity (Wildman–Crippen MR) is 64.5 cm³/mol. The highest BCUT2D eigenvalue weighted by atomic mass is 16.3. The number of Topliss-reactive ketones (excluding diaryl/α,β-unsaturated/α-hetero) is 1. The molecule has 0 aliphatic rings. The zero-order valence-corrected chi connectivity index (χ0v) is 9.48. The number of anilines is 1. The molecule has 0 aliphatic heterocycles. The van der Waals surface area contributed by atoms with E-state index in [0.29, 0.717) is 6.42 Å². The summed E-state index contributed by atoms with van der Waals surface area (Å²) in [6.45, 7) is 0.201. The van der Waals surface area contributed by atoms with Crippen molar-refractivity contribution in [1.29, 1.82) is 0 Å². The van der Waals surface area contributed by atoms with Gasteiger partial charge in [0.1, 0.15) is 0 Å². The summed E-state index contributed by atoms with van der Waals surface area (Å²) in [6.07, 6.45) is 0.372. The molecule has 5 heteroatoms. The number of amides is 1. The van der Waals surface area contributed by atoms with Crippen LogP contribution in [-0.4, -0.2) is 29.9 Å². The van der Waals surface area contributed by atoms with Crippen LogP contribution >= 0.6 is 0 Å². The van der Waals surface area contributed by atoms with Gasteiger partial charge in [0.15, 0.2) is 5.78 Å². The summed E-state index contributed by atoms with van der Waals surface area (Å²) >= 11 is 0. The fraction of sp³-hybridized carbons (Fsp3) is 0.333. The fourth-order valence-electron chi connectivity index (χ4n) is 1.38. The number of benzene rings is 1. The van der Waals surface area contributed by atoms with Crippen molar-refractivity contribution in [1.82, 2.24) is 0 Å². The number of nitrogens with two attached hydrogens (primary N) is 1. The van der Waals surface area contributed by atoms with E-state index in [2.05, 4.69) is 5.32 Å². The van der Waals surface area contributed by atoms with E-state index in [4.69, 9.17) is 10.8 Å². The molecule has 0 aliphatic carbocycles. The molecule has 5 nitrogen and oxygen atoms in total. The lowest BCUT2D eigenvalue weighted by Gasteiger charge is -2.06. The number of carbonyl (C=O) groups excluding carboxylic acids is 2. The van der Waals surface area contributed by atoms with E-state index in [-0.39, 0.29) is 25.4 Å². The van der Waals surface area contributed by atoms with Gasteiger partial charge in [0, 0.05) is 12.3 Å². The molecular weight excluding hydrogens is 220 g/mol. The molecule has 0 fully saturated rings. The molecule has 0 atom stereocenters. The SMILES string of the molecule is NC(=O)CC(=O)CNc1ccc(CCO)cc1. The van der Waals surface area contributed by atoms with Crippen LogP contribution in [0.3, 0.4) is 0 Å². The summed E-state index contributed by atoms with van der Waals surface area (Å²) < 4.78 is 0. The number of aliphatic hydroxyl groups excluding tert-OH is 1. The lowest BCUT2D eigenvalue weighted by molar-refractivity contribution is -0.125. The monoisotopic (exact) mass is 236 g/mol. The van der Waals surface area contributed by atoms with Gasteiger partial charge in [-0.25, -0.2) is 0 Å². The van der Waals surface area contributed by atoms with Gasteiger partial charge in [-0.3, -0.25) is 9.59 Å². The van der Waals surface area contributed by atoms with E-state index in [1.807, 2.05) is 24.3 Å². The van der Waals surface area contributed by atoms with Gasteiger partial charge in [-0.15, -0.1) is 0 Å². The minimum absolute atomic E-state index is 0.0856. The van der Waals surface area contributed by atoms with Gasteiger partial charge < -0.3 is 16.2 Å². The Kier molecular flexibility index (Phi) is 5.16. The lowest BCUT2D eigenvalue weighted by Crippen LogP contribution is -2.21. The molecule has 1 rings (SSSR count). The van der Waals surface area contributed by atoms with E-state index in [1.165, 1.54) is 0 Å². The van der Waals surface area contributed by atoms with Gasteiger partial charge in [0.05, 0.1) is 13.0 Å². The summed E-state index contributed by atoms with van der Waals surface area (Å²) in [4.78, 5) is 21.7. The summed E-state index contributed by atoms with van der Waals surface area (Å²) in [6, 6.07) is 7.39. The number of nitrogens with one attached hydrogen (secondary N) is 1. The number of ketones is 1. The Hall–Kier alpha value is -1.88. The minimum atomic E-state index is -0.616. The minimum Gasteiger partial charge on any atom is -0.396 e. The third kappa shape index (κ3) is 5.12. The van der Waals surface area contributed by atoms with E-state index in [1.54, 1.807) is 0 Å². The molecule has 0 aromatic heterocycles. The summed E-state index contributed by atoms with van der Waals surface area (Å²) in [5, 5.41) is 11.6. The zero-order chi connectivity index (χ0) is 12.7. The molecule has 92 valence electrons. The fourth-order valence-corrected chi connectivity index (χ4v) is 1.38. The van der Waals surface area contributed by atoms with Crippen LogP contribution in [0.25, 0.3) is 0 Å². The van der Waals surface area contributed by atoms with E-state index < -0.39 is 5.91 Å². The molecule has 0 unspecified atom stereocenters. The number of hydrogen-bond donors (Lipinski definition) is 3. The number of primary amides is 1. The Morgan fingerprint density at radius 3 is 2.41 bits per heavy atom. The molecular formula is C12H16N2O3. The smallest absolute Gasteiger partial charge is 0.224 e. The molecule has 17 heavy (non-hydrogen) atoms. The number of rotatable bonds is 7. The van der Waals surface area contributed by atoms with E-state index >= 15 is 0 Å². The maximum Gasteiger partial charge on any atom is 0.224 e. The number of aliphatic hydroxyl groups is 1. The first kappa shape index (κ1) is 13.2. The molecule has 0 bridgehead atoms. The largest absolute Gasteiger partial charge is 0.396 e. The number of carbonyl (C=O) groups is 2. The standard InChI is InChI=1S/C12H16N2O3/c13-12(17)7-11(16)8-14-10-3-1-9(2-4-10)5-6-15/h1-4,14-15H,5-8H2,(H2,13,17). The van der Waals surface area contributed by atoms with Crippen LogP contribution in [0.2, 0.25) is 0 Å². The predicted octanol–water partition coefficient (Wildman–Crippen LogP) is 0.0778. The quantitative estimate of drug-likeness (QED) is 0.584. The van der Waals surface area contributed by atoms with Crippen LogP contribution in [-0.2, 0) is 16.0 Å². The summed E-state index contributed by atoms with van der Waals surface area (Å²) in [7, 11) is 0. The first-order chi connectivity index (χ1) is 8.11. The van der Waals surface area contributed by atoms with Crippen molar-refractivity contribution in [2.75, 3.05) is 18.5 Å². The molecule has 0 heterocycles. The van der Waals surface area contributed by atoms with Crippen molar-refractivity contribution in [3.8, 4) is 0 Å². The third-order valence-electron chi connectivity index (χ3n) is 2.22. The highest BCUT2D eigenvalue weighted by Crippen LogP contribution is 2.09. The zero-order valence-electron chi connectivity index (χ0n) is 9.48. The Bertz CT molecular complexity index is 387. The summed E-state index contributed by atoms with van der Waals surface area (Å²) in [5.74, 6) is -0.855. The highest BCUT2D eigenvalue weighted by Gasteiger charge is 2.05. The van der Waals surface area contributed by atoms with Crippen molar-refractivity contribution in [3.05, 3.63) is 29.8 Å². The molecule has 1 aromatic carbocycles. The first-order valence-electron chi connectivity index (χ1n) is 5.35. The maximum absolute atomic E-state index is 11.2. The first-order valence-corrected chi connectivity index (χ1v) is 5.35. The van der Waals surface area contributed by atoms with E-state index in [0.717, 1.165) is 11.3 Å². The van der Waals surface area contributed by atoms with E-state index in [9.17, 15) is 9.59 Å². The van der Waals surface area contributed by atoms with Crippen molar-refractivity contribution in [2.45, 2.75) is 12.8 Å². The van der Waals surface area contributed by atoms with Gasteiger partial charge in [-0.05, 0) is 24.1 Å². The van der Waals surface area contributed by atoms with Crippen molar-refractivity contribution in [3.63, 3.8) is 0 Å². The van der Waals surface area contributed by atoms with Crippen LogP contribution in [0.15, 0.2) is 24.3 Å². The second-order valence-electron chi connectivity index (χ2n) is 3.71. The van der Waals surface area contributed by atoms with Crippen molar-refractivity contribution in [2.24, 2.45) is 5.73 Å². The van der Waals surface area contributed by atoms with Crippen LogP contribution in [0.4, 0.5) is 5.69 Å². The van der Waals surface area contributed by atoms with Crippen LogP contribution < -0.4 is 11.1 Å². The normalized spacial score (nSPS) is 9.94. The van der Waals surface area contributed by atoms with Gasteiger partial charge in [-0.2, -0.15) is 0 Å².